The molecule has 0 radical (unpaired) electrons. The van der Waals surface area contributed by atoms with Gasteiger partial charge < -0.3 is 4.98 Å². The maximum atomic E-state index is 3.35. The van der Waals surface area contributed by atoms with Gasteiger partial charge >= 0.3 is 29.6 Å². The Kier molecular flexibility index (Phi) is 2.64. The molecule has 0 fully saturated rings. The smallest absolute Gasteiger partial charge is 0.407 e. The summed E-state index contributed by atoms with van der Waals surface area (Å²) in [6.07, 6.45) is 0. The van der Waals surface area contributed by atoms with Gasteiger partial charge in [-0.2, -0.15) is 24.3 Å². The van der Waals surface area contributed by atoms with Crippen LogP contribution in [0.4, 0.5) is 0 Å². The number of hydrogen-bond acceptors (Lipinski definition) is 0. The van der Waals surface area contributed by atoms with Crippen molar-refractivity contribution in [3.8, 4) is 0 Å². The fourth-order valence-electron chi connectivity index (χ4n) is 1.74. The number of hydrogen-bond donors (Lipinski definition) is 1. The van der Waals surface area contributed by atoms with Crippen LogP contribution in [-0.4, -0.2) is 4.98 Å². The van der Waals surface area contributed by atoms with E-state index in [1.165, 1.54) is 16.3 Å². The van der Waals surface area contributed by atoms with Gasteiger partial charge in [0.25, 0.3) is 0 Å². The van der Waals surface area contributed by atoms with Crippen molar-refractivity contribution in [2.24, 2.45) is 0 Å². The molecule has 0 saturated carbocycles. The summed E-state index contributed by atoms with van der Waals surface area (Å²) in [4.78, 5) is 3.35. The fourth-order valence-corrected chi connectivity index (χ4v) is 1.74. The number of aromatic nitrogens is 1. The van der Waals surface area contributed by atoms with E-state index in [0.29, 0.717) is 0 Å². The third-order valence-electron chi connectivity index (χ3n) is 2.35. The van der Waals surface area contributed by atoms with Crippen molar-refractivity contribution in [2.45, 2.75) is 0 Å². The average Bonchev–Trinajstić information content (AvgIpc) is 2.56. The first kappa shape index (κ1) is 9.78. The fraction of sp³-hybridized carbons (Fsp3) is 0. The van der Waals surface area contributed by atoms with Crippen molar-refractivity contribution in [3.05, 3.63) is 48.5 Å². The first-order chi connectivity index (χ1) is 6.45. The topological polar surface area (TPSA) is 15.8 Å². The molecule has 0 aliphatic rings. The molecule has 1 heterocycles. The van der Waals surface area contributed by atoms with Gasteiger partial charge in [-0.05, 0) is 11.5 Å². The Morgan fingerprint density at radius 2 is 1.71 bits per heavy atom. The van der Waals surface area contributed by atoms with Crippen molar-refractivity contribution < 1.29 is 29.6 Å². The van der Waals surface area contributed by atoms with E-state index in [1.807, 2.05) is 18.2 Å². The molecule has 1 nitrogen and oxygen atoms in total. The Morgan fingerprint density at radius 1 is 0.929 bits per heavy atom. The molecule has 0 amide bonds. The number of rotatable bonds is 0. The Labute approximate surface area is 104 Å². The van der Waals surface area contributed by atoms with E-state index < -0.39 is 0 Å². The van der Waals surface area contributed by atoms with Gasteiger partial charge in [0, 0.05) is 5.52 Å². The molecule has 2 aromatic carbocycles. The molecule has 3 aromatic rings. The zero-order valence-electron chi connectivity index (χ0n) is 8.04. The molecule has 0 saturated heterocycles. The molecule has 3 rings (SSSR count). The molecule has 2 heteroatoms. The zero-order chi connectivity index (χ0) is 8.67. The Bertz CT molecular complexity index is 518. The van der Waals surface area contributed by atoms with Crippen LogP contribution in [0.1, 0.15) is 0 Å². The van der Waals surface area contributed by atoms with Gasteiger partial charge in [-0.3, -0.25) is 0 Å². The van der Waals surface area contributed by atoms with E-state index >= 15 is 0 Å². The van der Waals surface area contributed by atoms with Crippen LogP contribution in [0.15, 0.2) is 42.5 Å². The van der Waals surface area contributed by atoms with Crippen LogP contribution < -0.4 is 29.6 Å². The van der Waals surface area contributed by atoms with Gasteiger partial charge in [0.05, 0.1) is 0 Å². The Hall–Kier alpha value is -0.760. The standard InChI is InChI=1S/C12H8N.Na/c1-3-7-11-9(5-1)10-6-2-4-8-12(10)13-11;/h1-3,5-8,13H;/q-1;+1. The van der Waals surface area contributed by atoms with Gasteiger partial charge in [-0.1, -0.05) is 23.7 Å². The van der Waals surface area contributed by atoms with Crippen LogP contribution in [0.2, 0.25) is 0 Å². The number of nitrogens with one attached hydrogen (secondary N) is 1. The van der Waals surface area contributed by atoms with Gasteiger partial charge in [0.15, 0.2) is 0 Å². The number of benzene rings is 2. The summed E-state index contributed by atoms with van der Waals surface area (Å²) in [7, 11) is 0. The van der Waals surface area contributed by atoms with Crippen LogP contribution in [0.3, 0.4) is 0 Å². The number of fused-ring (bicyclic) bond motifs is 3. The summed E-state index contributed by atoms with van der Waals surface area (Å²) < 4.78 is 0. The maximum absolute atomic E-state index is 3.35. The summed E-state index contributed by atoms with van der Waals surface area (Å²) in [6.45, 7) is 0. The molecule has 0 atom stereocenters. The molecule has 0 spiro atoms. The van der Waals surface area contributed by atoms with Crippen molar-refractivity contribution in [3.63, 3.8) is 0 Å². The molecule has 0 aliphatic heterocycles. The second-order valence-electron chi connectivity index (χ2n) is 3.14. The quantitative estimate of drug-likeness (QED) is 0.382. The van der Waals surface area contributed by atoms with E-state index in [1.54, 1.807) is 0 Å². The minimum absolute atomic E-state index is 0. The third-order valence-corrected chi connectivity index (χ3v) is 2.35. The number of H-pyrrole nitrogens is 1. The van der Waals surface area contributed by atoms with Crippen molar-refractivity contribution in [1.82, 2.24) is 4.98 Å². The second-order valence-corrected chi connectivity index (χ2v) is 3.14. The van der Waals surface area contributed by atoms with E-state index in [9.17, 15) is 0 Å². The van der Waals surface area contributed by atoms with Crippen LogP contribution in [0.25, 0.3) is 21.8 Å². The molecule has 14 heavy (non-hydrogen) atoms. The van der Waals surface area contributed by atoms with Crippen LogP contribution in [0, 0.1) is 6.07 Å². The van der Waals surface area contributed by atoms with Gasteiger partial charge in [0.2, 0.25) is 0 Å². The maximum Gasteiger partial charge on any atom is 1.00 e. The zero-order valence-corrected chi connectivity index (χ0v) is 10.0. The minimum Gasteiger partial charge on any atom is -0.407 e. The first-order valence-electron chi connectivity index (χ1n) is 4.32. The Balaban J connectivity index is 0.000000750. The molecule has 1 N–H and O–H groups in total. The van der Waals surface area contributed by atoms with E-state index in [2.05, 4.69) is 35.3 Å². The normalized spacial score (nSPS) is 10.3. The summed E-state index contributed by atoms with van der Waals surface area (Å²) >= 11 is 0. The molecule has 0 unspecified atom stereocenters. The van der Waals surface area contributed by atoms with Crippen LogP contribution in [-0.2, 0) is 0 Å². The summed E-state index contributed by atoms with van der Waals surface area (Å²) in [5, 5.41) is 2.56. The van der Waals surface area contributed by atoms with Crippen LogP contribution in [0.5, 0.6) is 0 Å². The monoisotopic (exact) mass is 189 g/mol. The summed E-state index contributed by atoms with van der Waals surface area (Å²) in [5.41, 5.74) is 2.35. The predicted octanol–water partition coefficient (Wildman–Crippen LogP) is 0.125. The minimum atomic E-state index is 0. The molecule has 0 aliphatic carbocycles. The Morgan fingerprint density at radius 3 is 2.64 bits per heavy atom. The average molecular weight is 189 g/mol. The SMILES string of the molecule is [Na+].[c-]1ccc2c(c1)[nH]c1ccccc12. The third kappa shape index (κ3) is 1.38. The summed E-state index contributed by atoms with van der Waals surface area (Å²) in [6, 6.07) is 17.4. The number of aromatic amines is 1. The molecular weight excluding hydrogens is 181 g/mol. The first-order valence-corrected chi connectivity index (χ1v) is 4.32. The molecule has 1 aromatic heterocycles. The van der Waals surface area contributed by atoms with Gasteiger partial charge in [-0.25, -0.2) is 0 Å². The molecule has 62 valence electrons. The summed E-state index contributed by atoms with van der Waals surface area (Å²) in [5.74, 6) is 0. The van der Waals surface area contributed by atoms with Crippen molar-refractivity contribution in [1.29, 1.82) is 0 Å². The van der Waals surface area contributed by atoms with E-state index in [0.717, 1.165) is 5.52 Å². The second kappa shape index (κ2) is 3.77. The largest absolute Gasteiger partial charge is 1.00 e. The molecular formula is C12H8NNa. The van der Waals surface area contributed by atoms with Crippen molar-refractivity contribution >= 4 is 21.8 Å². The molecule has 0 bridgehead atoms. The van der Waals surface area contributed by atoms with Gasteiger partial charge in [-0.15, -0.1) is 5.39 Å². The van der Waals surface area contributed by atoms with Crippen LogP contribution >= 0.6 is 0 Å². The predicted molar refractivity (Wildman–Crippen MR) is 54.6 cm³/mol. The van der Waals surface area contributed by atoms with E-state index in [-0.39, 0.29) is 29.6 Å². The number of para-hydroxylation sites is 1. The van der Waals surface area contributed by atoms with Crippen molar-refractivity contribution in [2.75, 3.05) is 0 Å². The van der Waals surface area contributed by atoms with E-state index in [4.69, 9.17) is 0 Å². The van der Waals surface area contributed by atoms with Gasteiger partial charge in [0.1, 0.15) is 0 Å².